The van der Waals surface area contributed by atoms with Crippen LogP contribution in [-0.2, 0) is 17.2 Å². The molecule has 0 N–H and O–H groups in total. The van der Waals surface area contributed by atoms with E-state index in [9.17, 15) is 18.0 Å². The van der Waals surface area contributed by atoms with Crippen molar-refractivity contribution in [3.05, 3.63) is 23.7 Å². The summed E-state index contributed by atoms with van der Waals surface area (Å²) >= 11 is 0. The third-order valence-corrected chi connectivity index (χ3v) is 3.91. The van der Waals surface area contributed by atoms with Gasteiger partial charge in [-0.2, -0.15) is 13.2 Å². The molecule has 1 fully saturated rings. The number of hydrogen-bond acceptors (Lipinski definition) is 4. The molecule has 0 aromatic carbocycles. The number of ether oxygens (including phenoxy) is 1. The van der Waals surface area contributed by atoms with Crippen LogP contribution in [0.1, 0.15) is 29.0 Å². The Kier molecular flexibility index (Phi) is 2.76. The fourth-order valence-electron chi connectivity index (χ4n) is 2.55. The third-order valence-electron chi connectivity index (χ3n) is 3.91. The number of rotatable bonds is 2. The number of halogens is 3. The molecular formula is C13H12F3N3O2. The number of aryl methyl sites for hydroxylation is 1. The zero-order chi connectivity index (χ0) is 15.4. The number of esters is 1. The minimum absolute atomic E-state index is 0.0328. The first kappa shape index (κ1) is 13.8. The number of carbonyl (C=O) groups excluding carboxylic acids is 1. The summed E-state index contributed by atoms with van der Waals surface area (Å²) in [5.41, 5.74) is -1.14. The highest BCUT2D eigenvalue weighted by atomic mass is 19.4. The van der Waals surface area contributed by atoms with Gasteiger partial charge in [0.1, 0.15) is 10.9 Å². The largest absolute Gasteiger partial charge is 0.464 e. The number of fused-ring (bicyclic) bond motifs is 1. The van der Waals surface area contributed by atoms with Gasteiger partial charge in [-0.1, -0.05) is 0 Å². The molecule has 8 heteroatoms. The van der Waals surface area contributed by atoms with Crippen LogP contribution in [-0.4, -0.2) is 33.8 Å². The van der Waals surface area contributed by atoms with Crippen molar-refractivity contribution in [3.63, 3.8) is 0 Å². The van der Waals surface area contributed by atoms with Crippen molar-refractivity contribution < 1.29 is 22.7 Å². The molecule has 0 spiro atoms. The second-order valence-corrected chi connectivity index (χ2v) is 5.12. The van der Waals surface area contributed by atoms with Gasteiger partial charge in [-0.05, 0) is 18.9 Å². The predicted molar refractivity (Wildman–Crippen MR) is 66.8 cm³/mol. The van der Waals surface area contributed by atoms with Gasteiger partial charge in [0.15, 0.2) is 11.3 Å². The van der Waals surface area contributed by atoms with Gasteiger partial charge >= 0.3 is 12.1 Å². The predicted octanol–water partition coefficient (Wildman–Crippen LogP) is 2.35. The van der Waals surface area contributed by atoms with Gasteiger partial charge in [0.05, 0.1) is 13.3 Å². The van der Waals surface area contributed by atoms with Gasteiger partial charge in [-0.3, -0.25) is 4.98 Å². The zero-order valence-corrected chi connectivity index (χ0v) is 11.4. The smallest absolute Gasteiger partial charge is 0.399 e. The summed E-state index contributed by atoms with van der Waals surface area (Å²) in [7, 11) is 2.70. The number of hydrogen-bond donors (Lipinski definition) is 0. The lowest BCUT2D eigenvalue weighted by Crippen LogP contribution is -2.30. The maximum Gasteiger partial charge on any atom is 0.399 e. The van der Waals surface area contributed by atoms with Gasteiger partial charge in [-0.15, -0.1) is 0 Å². The third kappa shape index (κ3) is 1.89. The Morgan fingerprint density at radius 2 is 2.10 bits per heavy atom. The maximum atomic E-state index is 13.2. The first-order valence-corrected chi connectivity index (χ1v) is 6.28. The minimum Gasteiger partial charge on any atom is -0.464 e. The van der Waals surface area contributed by atoms with E-state index in [-0.39, 0.29) is 29.9 Å². The Morgan fingerprint density at radius 3 is 2.62 bits per heavy atom. The molecule has 5 nitrogen and oxygen atoms in total. The highest BCUT2D eigenvalue weighted by Crippen LogP contribution is 2.59. The maximum absolute atomic E-state index is 13.2. The molecule has 21 heavy (non-hydrogen) atoms. The summed E-state index contributed by atoms with van der Waals surface area (Å²) in [6.07, 6.45) is -2.99. The summed E-state index contributed by atoms with van der Waals surface area (Å²) in [5.74, 6) is -0.677. The van der Waals surface area contributed by atoms with E-state index in [1.54, 1.807) is 0 Å². The second kappa shape index (κ2) is 4.19. The molecule has 1 aliphatic rings. The van der Waals surface area contributed by atoms with E-state index in [0.29, 0.717) is 5.52 Å². The molecule has 1 saturated carbocycles. The molecule has 0 aliphatic heterocycles. The highest BCUT2D eigenvalue weighted by molar-refractivity contribution is 5.89. The summed E-state index contributed by atoms with van der Waals surface area (Å²) < 4.78 is 45.6. The van der Waals surface area contributed by atoms with Crippen LogP contribution in [0.5, 0.6) is 0 Å². The topological polar surface area (TPSA) is 57.0 Å². The van der Waals surface area contributed by atoms with E-state index in [1.807, 2.05) is 0 Å². The SMILES string of the molecule is COC(=O)c1cnc2cc(C3(C(F)(F)F)CC3)n(C)c2n1. The van der Waals surface area contributed by atoms with Crippen LogP contribution in [0.15, 0.2) is 12.3 Å². The standard InChI is InChI=1S/C13H12F3N3O2/c1-19-9(12(3-4-12)13(14,15)16)5-7-10(19)18-8(6-17-7)11(20)21-2/h5-6H,3-4H2,1-2H3. The van der Waals surface area contributed by atoms with Crippen LogP contribution in [0.3, 0.4) is 0 Å². The molecule has 0 amide bonds. The molecule has 1 aliphatic carbocycles. The number of nitrogens with zero attached hydrogens (tertiary/aromatic N) is 3. The molecule has 112 valence electrons. The number of aromatic nitrogens is 3. The van der Waals surface area contributed by atoms with Crippen molar-refractivity contribution >= 4 is 17.1 Å². The van der Waals surface area contributed by atoms with Gasteiger partial charge in [0.2, 0.25) is 0 Å². The van der Waals surface area contributed by atoms with Crippen molar-refractivity contribution in [2.24, 2.45) is 7.05 Å². The summed E-state index contributed by atoms with van der Waals surface area (Å²) in [6.45, 7) is 0. The number of methoxy groups -OCH3 is 1. The van der Waals surface area contributed by atoms with Crippen molar-refractivity contribution in [2.45, 2.75) is 24.4 Å². The number of carbonyl (C=O) groups is 1. The van der Waals surface area contributed by atoms with Gasteiger partial charge < -0.3 is 9.30 Å². The summed E-state index contributed by atoms with van der Waals surface area (Å²) in [5, 5.41) is 0. The minimum atomic E-state index is -4.31. The van der Waals surface area contributed by atoms with Crippen LogP contribution in [0.4, 0.5) is 13.2 Å². The van der Waals surface area contributed by atoms with Gasteiger partial charge in [0, 0.05) is 12.7 Å². The van der Waals surface area contributed by atoms with Gasteiger partial charge in [0.25, 0.3) is 0 Å². The quantitative estimate of drug-likeness (QED) is 0.799. The van der Waals surface area contributed by atoms with E-state index < -0.39 is 17.6 Å². The Balaban J connectivity index is 2.15. The Bertz CT molecular complexity index is 732. The highest BCUT2D eigenvalue weighted by Gasteiger charge is 2.65. The molecule has 2 heterocycles. The molecule has 3 rings (SSSR count). The lowest BCUT2D eigenvalue weighted by atomic mass is 10.0. The molecule has 0 unspecified atom stereocenters. The normalized spacial score (nSPS) is 17.0. The molecule has 0 radical (unpaired) electrons. The number of alkyl halides is 3. The average molecular weight is 299 g/mol. The van der Waals surface area contributed by atoms with Crippen molar-refractivity contribution in [1.82, 2.24) is 14.5 Å². The van der Waals surface area contributed by atoms with Crippen LogP contribution < -0.4 is 0 Å². The molecule has 2 aromatic rings. The van der Waals surface area contributed by atoms with Crippen molar-refractivity contribution in [3.8, 4) is 0 Å². The van der Waals surface area contributed by atoms with Crippen LogP contribution in [0.25, 0.3) is 11.2 Å². The second-order valence-electron chi connectivity index (χ2n) is 5.12. The molecule has 0 bridgehead atoms. The molecule has 2 aromatic heterocycles. The Hall–Kier alpha value is -2.12. The fraction of sp³-hybridized carbons (Fsp3) is 0.462. The van der Waals surface area contributed by atoms with Crippen molar-refractivity contribution in [1.29, 1.82) is 0 Å². The average Bonchev–Trinajstić information content (AvgIpc) is 3.19. The molecular weight excluding hydrogens is 287 g/mol. The summed E-state index contributed by atoms with van der Waals surface area (Å²) in [6, 6.07) is 1.39. The van der Waals surface area contributed by atoms with E-state index in [0.717, 1.165) is 0 Å². The molecule has 0 saturated heterocycles. The fourth-order valence-corrected chi connectivity index (χ4v) is 2.55. The lowest BCUT2D eigenvalue weighted by molar-refractivity contribution is -0.162. The monoisotopic (exact) mass is 299 g/mol. The summed E-state index contributed by atoms with van der Waals surface area (Å²) in [4.78, 5) is 19.5. The zero-order valence-electron chi connectivity index (χ0n) is 11.4. The van der Waals surface area contributed by atoms with Crippen LogP contribution in [0, 0.1) is 0 Å². The Morgan fingerprint density at radius 1 is 1.43 bits per heavy atom. The Labute approximate surface area is 117 Å². The van der Waals surface area contributed by atoms with Gasteiger partial charge in [-0.25, -0.2) is 9.78 Å². The van der Waals surface area contributed by atoms with Crippen molar-refractivity contribution in [2.75, 3.05) is 7.11 Å². The molecule has 0 atom stereocenters. The first-order chi connectivity index (χ1) is 9.80. The van der Waals surface area contributed by atoms with E-state index in [2.05, 4.69) is 14.7 Å². The van der Waals surface area contributed by atoms with Crippen LogP contribution in [0.2, 0.25) is 0 Å². The van der Waals surface area contributed by atoms with E-state index in [1.165, 1.54) is 31.0 Å². The van der Waals surface area contributed by atoms with E-state index >= 15 is 0 Å². The lowest BCUT2D eigenvalue weighted by Gasteiger charge is -2.19. The van der Waals surface area contributed by atoms with Crippen LogP contribution >= 0.6 is 0 Å². The first-order valence-electron chi connectivity index (χ1n) is 6.28. The van der Waals surface area contributed by atoms with E-state index in [4.69, 9.17) is 0 Å².